The molecule has 2 atom stereocenters. The Bertz CT molecular complexity index is 1070. The predicted molar refractivity (Wildman–Crippen MR) is 120 cm³/mol. The lowest BCUT2D eigenvalue weighted by Gasteiger charge is -2.32. The van der Waals surface area contributed by atoms with Crippen molar-refractivity contribution in [3.8, 4) is 5.75 Å². The number of ether oxygens (including phenoxy) is 1. The minimum Gasteiger partial charge on any atom is -0.480 e. The Hall–Kier alpha value is -2.85. The summed E-state index contributed by atoms with van der Waals surface area (Å²) < 4.78 is 43.6. The third-order valence-electron chi connectivity index (χ3n) is 6.37. The molecule has 2 aliphatic rings. The first-order chi connectivity index (χ1) is 16.6. The van der Waals surface area contributed by atoms with Gasteiger partial charge in [0.05, 0.1) is 23.9 Å². The molecule has 1 aromatic heterocycles. The van der Waals surface area contributed by atoms with E-state index in [2.05, 4.69) is 15.6 Å². The second-order valence-corrected chi connectivity index (χ2v) is 9.29. The summed E-state index contributed by atoms with van der Waals surface area (Å²) in [6.07, 6.45) is -2.94. The number of benzene rings is 1. The summed E-state index contributed by atoms with van der Waals surface area (Å²) in [4.78, 5) is 29.0. The van der Waals surface area contributed by atoms with Crippen LogP contribution in [0.2, 0.25) is 5.02 Å². The molecule has 3 N–H and O–H groups in total. The lowest BCUT2D eigenvalue weighted by Crippen LogP contribution is -2.47. The maximum atomic E-state index is 12.7. The molecule has 2 heterocycles. The standard InChI is InChI=1S/C24H25ClF3N3O4/c25-15-4-8-20-18(9-15)19(32)10-21(35-20)23(34)31-16-5-1-13(2-6-16)22(33)30-12-17-7-3-14(11-29-17)24(26,27)28/h3-4,7-9,11,13,16,19,21,32H,1-2,5-6,10,12H2,(H,30,33)(H,31,34)/t13?,16?,19-,21+/m0/s1. The molecule has 35 heavy (non-hydrogen) atoms. The van der Waals surface area contributed by atoms with Crippen molar-refractivity contribution in [1.29, 1.82) is 0 Å². The molecule has 1 saturated carbocycles. The van der Waals surface area contributed by atoms with Gasteiger partial charge in [-0.15, -0.1) is 0 Å². The first kappa shape index (κ1) is 25.2. The zero-order valence-corrected chi connectivity index (χ0v) is 19.4. The van der Waals surface area contributed by atoms with Crippen molar-refractivity contribution in [2.24, 2.45) is 5.92 Å². The maximum Gasteiger partial charge on any atom is 0.417 e. The average molecular weight is 512 g/mol. The molecule has 188 valence electrons. The lowest BCUT2D eigenvalue weighted by atomic mass is 9.85. The Kier molecular flexibility index (Phi) is 7.51. The number of halogens is 4. The maximum absolute atomic E-state index is 12.7. The average Bonchev–Trinajstić information content (AvgIpc) is 2.83. The fourth-order valence-corrected chi connectivity index (χ4v) is 4.57. The second kappa shape index (κ2) is 10.4. The van der Waals surface area contributed by atoms with Crippen molar-refractivity contribution in [3.63, 3.8) is 0 Å². The molecule has 1 aliphatic heterocycles. The molecule has 0 radical (unpaired) electrons. The van der Waals surface area contributed by atoms with Gasteiger partial charge in [-0.2, -0.15) is 13.2 Å². The van der Waals surface area contributed by atoms with Gasteiger partial charge in [0.1, 0.15) is 5.75 Å². The van der Waals surface area contributed by atoms with E-state index in [9.17, 15) is 27.9 Å². The summed E-state index contributed by atoms with van der Waals surface area (Å²) in [5.74, 6) is -0.324. The predicted octanol–water partition coefficient (Wildman–Crippen LogP) is 3.93. The number of carbonyl (C=O) groups is 2. The second-order valence-electron chi connectivity index (χ2n) is 8.85. The van der Waals surface area contributed by atoms with E-state index in [4.69, 9.17) is 16.3 Å². The molecule has 4 rings (SSSR count). The lowest BCUT2D eigenvalue weighted by molar-refractivity contribution is -0.138. The van der Waals surface area contributed by atoms with E-state index in [-0.39, 0.29) is 36.7 Å². The largest absolute Gasteiger partial charge is 0.480 e. The van der Waals surface area contributed by atoms with Crippen molar-refractivity contribution in [2.75, 3.05) is 0 Å². The van der Waals surface area contributed by atoms with Crippen LogP contribution in [-0.4, -0.2) is 34.1 Å². The minimum absolute atomic E-state index is 0.0433. The van der Waals surface area contributed by atoms with Gasteiger partial charge in [-0.05, 0) is 56.0 Å². The number of rotatable bonds is 5. The molecule has 2 aromatic rings. The Labute approximate surface area is 205 Å². The van der Waals surface area contributed by atoms with Crippen LogP contribution in [0.25, 0.3) is 0 Å². The third kappa shape index (κ3) is 6.24. The molecule has 1 fully saturated rings. The summed E-state index contributed by atoms with van der Waals surface area (Å²) in [6, 6.07) is 6.95. The van der Waals surface area contributed by atoms with Crippen molar-refractivity contribution in [1.82, 2.24) is 15.6 Å². The summed E-state index contributed by atoms with van der Waals surface area (Å²) in [5, 5.41) is 16.5. The highest BCUT2D eigenvalue weighted by Gasteiger charge is 2.34. The monoisotopic (exact) mass is 511 g/mol. The molecule has 2 amide bonds. The van der Waals surface area contributed by atoms with E-state index in [1.807, 2.05) is 0 Å². The Morgan fingerprint density at radius 3 is 2.51 bits per heavy atom. The van der Waals surface area contributed by atoms with Gasteiger partial charge >= 0.3 is 6.18 Å². The van der Waals surface area contributed by atoms with Crippen LogP contribution in [-0.2, 0) is 22.3 Å². The molecular formula is C24H25ClF3N3O4. The number of hydrogen-bond acceptors (Lipinski definition) is 5. The van der Waals surface area contributed by atoms with Gasteiger partial charge in [-0.3, -0.25) is 14.6 Å². The summed E-state index contributed by atoms with van der Waals surface area (Å²) in [5.41, 5.74) is 0.0556. The van der Waals surface area contributed by atoms with Crippen molar-refractivity contribution >= 4 is 23.4 Å². The number of nitrogens with zero attached hydrogens (tertiary/aromatic N) is 1. The van der Waals surface area contributed by atoms with Crippen LogP contribution in [0.1, 0.15) is 55.0 Å². The molecule has 11 heteroatoms. The van der Waals surface area contributed by atoms with E-state index in [1.54, 1.807) is 18.2 Å². The number of pyridine rings is 1. The quantitative estimate of drug-likeness (QED) is 0.565. The van der Waals surface area contributed by atoms with Crippen molar-refractivity contribution < 1.29 is 32.6 Å². The molecule has 0 unspecified atom stereocenters. The number of amides is 2. The highest BCUT2D eigenvalue weighted by atomic mass is 35.5. The van der Waals surface area contributed by atoms with Crippen LogP contribution >= 0.6 is 11.6 Å². The number of aliphatic hydroxyl groups excluding tert-OH is 1. The van der Waals surface area contributed by atoms with E-state index in [0.717, 1.165) is 12.3 Å². The molecule has 1 aromatic carbocycles. The van der Waals surface area contributed by atoms with Gasteiger partial charge < -0.3 is 20.5 Å². The van der Waals surface area contributed by atoms with Crippen molar-refractivity contribution in [3.05, 3.63) is 58.4 Å². The van der Waals surface area contributed by atoms with Gasteiger partial charge in [0.15, 0.2) is 6.10 Å². The van der Waals surface area contributed by atoms with Crippen LogP contribution in [0, 0.1) is 5.92 Å². The smallest absolute Gasteiger partial charge is 0.417 e. The SMILES string of the molecule is O=C(NCc1ccc(C(F)(F)F)cn1)C1CCC(NC(=O)[C@H]2C[C@H](O)c3cc(Cl)ccc3O2)CC1. The number of aromatic nitrogens is 1. The first-order valence-electron chi connectivity index (χ1n) is 11.3. The van der Waals surface area contributed by atoms with Gasteiger partial charge in [0.2, 0.25) is 5.91 Å². The molecular weight excluding hydrogens is 487 g/mol. The molecule has 0 spiro atoms. The summed E-state index contributed by atoms with van der Waals surface area (Å²) >= 11 is 5.96. The number of alkyl halides is 3. The third-order valence-corrected chi connectivity index (χ3v) is 6.61. The summed E-state index contributed by atoms with van der Waals surface area (Å²) in [7, 11) is 0. The fourth-order valence-electron chi connectivity index (χ4n) is 4.39. The number of carbonyl (C=O) groups excluding carboxylic acids is 2. The zero-order chi connectivity index (χ0) is 25.2. The van der Waals surface area contributed by atoms with Gasteiger partial charge in [-0.25, -0.2) is 0 Å². The van der Waals surface area contributed by atoms with Crippen molar-refractivity contribution in [2.45, 2.75) is 63.1 Å². The van der Waals surface area contributed by atoms with E-state index < -0.39 is 23.9 Å². The van der Waals surface area contributed by atoms with Gasteiger partial charge in [0, 0.05) is 35.2 Å². The normalized spacial score (nSPS) is 24.1. The van der Waals surface area contributed by atoms with Crippen LogP contribution < -0.4 is 15.4 Å². The Morgan fingerprint density at radius 1 is 1.11 bits per heavy atom. The molecule has 0 saturated heterocycles. The topological polar surface area (TPSA) is 101 Å². The minimum atomic E-state index is -4.45. The van der Waals surface area contributed by atoms with Gasteiger partial charge in [-0.1, -0.05) is 11.6 Å². The fraction of sp³-hybridized carbons (Fsp3) is 0.458. The number of nitrogens with one attached hydrogen (secondary N) is 2. The van der Waals surface area contributed by atoms with Crippen LogP contribution in [0.15, 0.2) is 36.5 Å². The number of aliphatic hydroxyl groups is 1. The van der Waals surface area contributed by atoms with Crippen LogP contribution in [0.4, 0.5) is 13.2 Å². The van der Waals surface area contributed by atoms with E-state index in [0.29, 0.717) is 47.7 Å². The number of fused-ring (bicyclic) bond motifs is 1. The van der Waals surface area contributed by atoms with Gasteiger partial charge in [0.25, 0.3) is 5.91 Å². The van der Waals surface area contributed by atoms with Crippen LogP contribution in [0.3, 0.4) is 0 Å². The number of hydrogen-bond donors (Lipinski definition) is 3. The van der Waals surface area contributed by atoms with E-state index >= 15 is 0 Å². The highest BCUT2D eigenvalue weighted by molar-refractivity contribution is 6.30. The molecule has 1 aliphatic carbocycles. The van der Waals surface area contributed by atoms with Crippen LogP contribution in [0.5, 0.6) is 5.75 Å². The molecule has 0 bridgehead atoms. The Morgan fingerprint density at radius 2 is 1.86 bits per heavy atom. The van der Waals surface area contributed by atoms with E-state index in [1.165, 1.54) is 6.07 Å². The first-order valence-corrected chi connectivity index (χ1v) is 11.7. The molecule has 7 nitrogen and oxygen atoms in total. The highest BCUT2D eigenvalue weighted by Crippen LogP contribution is 2.36. The summed E-state index contributed by atoms with van der Waals surface area (Å²) in [6.45, 7) is 0.0433. The Balaban J connectivity index is 1.22. The zero-order valence-electron chi connectivity index (χ0n) is 18.6.